The summed E-state index contributed by atoms with van der Waals surface area (Å²) >= 11 is 0. The molecule has 11 nitrogen and oxygen atoms in total. The van der Waals surface area contributed by atoms with Crippen molar-refractivity contribution in [3.05, 3.63) is 33.1 Å². The van der Waals surface area contributed by atoms with Gasteiger partial charge in [-0.1, -0.05) is 0 Å². The third kappa shape index (κ3) is 3.48. The van der Waals surface area contributed by atoms with Crippen LogP contribution in [0.4, 0.5) is 0 Å². The largest absolute Gasteiger partial charge is 0.387 e. The molecule has 3 heterocycles. The van der Waals surface area contributed by atoms with E-state index in [1.54, 1.807) is 0 Å². The molecule has 2 amide bonds. The Labute approximate surface area is 140 Å². The van der Waals surface area contributed by atoms with Crippen LogP contribution in [0.2, 0.25) is 0 Å². The van der Waals surface area contributed by atoms with Crippen LogP contribution in [-0.2, 0) is 14.3 Å². The summed E-state index contributed by atoms with van der Waals surface area (Å²) in [4.78, 5) is 48.0. The van der Waals surface area contributed by atoms with Gasteiger partial charge in [-0.2, -0.15) is 0 Å². The molecule has 136 valence electrons. The van der Waals surface area contributed by atoms with Gasteiger partial charge in [0.15, 0.2) is 6.23 Å². The fraction of sp³-hybridized carbons (Fsp3) is 0.571. The van der Waals surface area contributed by atoms with Crippen LogP contribution in [0, 0.1) is 0 Å². The first-order valence-electron chi connectivity index (χ1n) is 7.77. The molecule has 1 unspecified atom stereocenters. The molecule has 0 saturated carbocycles. The van der Waals surface area contributed by atoms with Crippen molar-refractivity contribution < 1.29 is 24.5 Å². The summed E-state index contributed by atoms with van der Waals surface area (Å²) in [5.74, 6) is -0.619. The van der Waals surface area contributed by atoms with Gasteiger partial charge in [-0.25, -0.2) is 4.79 Å². The normalized spacial score (nSPS) is 31.8. The smallest absolute Gasteiger partial charge is 0.330 e. The number of carbonyl (C=O) groups excluding carboxylic acids is 2. The van der Waals surface area contributed by atoms with Gasteiger partial charge in [-0.15, -0.1) is 0 Å². The number of nitrogens with one attached hydrogen (secondary N) is 3. The SMILES string of the molecule is O=C1CCC(C(=O)NC[C@H]2O[C@@H](n3ccc(=O)[nH]c3=O)[C@H](O)[C@@H]2O)N1. The van der Waals surface area contributed by atoms with Gasteiger partial charge in [-0.05, 0) is 6.42 Å². The molecule has 2 aliphatic rings. The number of H-pyrrole nitrogens is 1. The lowest BCUT2D eigenvalue weighted by molar-refractivity contribution is -0.126. The van der Waals surface area contributed by atoms with E-state index in [0.717, 1.165) is 16.8 Å². The number of aromatic nitrogens is 2. The van der Waals surface area contributed by atoms with Crippen molar-refractivity contribution in [3.8, 4) is 0 Å². The Bertz CT molecular complexity index is 788. The zero-order chi connectivity index (χ0) is 18.1. The maximum absolute atomic E-state index is 12.0. The standard InChI is InChI=1S/C14H18N4O7/c19-8-2-1-6(16-8)12(23)15-5-7-10(21)11(22)13(25-7)18-4-3-9(20)17-14(18)24/h3-4,6-7,10-11,13,21-22H,1-2,5H2,(H,15,23)(H,16,19)(H,17,20,24)/t6?,7-,10-,11-,13-/m1/s1. The van der Waals surface area contributed by atoms with Crippen molar-refractivity contribution in [2.75, 3.05) is 6.54 Å². The second kappa shape index (κ2) is 6.78. The van der Waals surface area contributed by atoms with E-state index in [2.05, 4.69) is 10.6 Å². The van der Waals surface area contributed by atoms with Crippen molar-refractivity contribution in [2.45, 2.75) is 43.4 Å². The zero-order valence-corrected chi connectivity index (χ0v) is 13.0. The van der Waals surface area contributed by atoms with E-state index in [9.17, 15) is 29.4 Å². The second-order valence-corrected chi connectivity index (χ2v) is 5.97. The van der Waals surface area contributed by atoms with Crippen LogP contribution >= 0.6 is 0 Å². The molecule has 0 radical (unpaired) electrons. The first-order chi connectivity index (χ1) is 11.9. The third-order valence-electron chi connectivity index (χ3n) is 4.25. The van der Waals surface area contributed by atoms with E-state index in [-0.39, 0.29) is 18.9 Å². The topological polar surface area (TPSA) is 163 Å². The van der Waals surface area contributed by atoms with E-state index in [1.807, 2.05) is 4.98 Å². The number of aliphatic hydroxyl groups is 2. The van der Waals surface area contributed by atoms with Gasteiger partial charge >= 0.3 is 5.69 Å². The fourth-order valence-electron chi connectivity index (χ4n) is 2.89. The minimum atomic E-state index is -1.42. The highest BCUT2D eigenvalue weighted by Crippen LogP contribution is 2.27. The van der Waals surface area contributed by atoms with E-state index in [1.165, 1.54) is 0 Å². The predicted octanol–water partition coefficient (Wildman–Crippen LogP) is -3.45. The number of hydrogen-bond acceptors (Lipinski definition) is 7. The number of hydrogen-bond donors (Lipinski definition) is 5. The summed E-state index contributed by atoms with van der Waals surface area (Å²) in [6, 6.07) is 0.454. The summed E-state index contributed by atoms with van der Waals surface area (Å²) in [5.41, 5.74) is -1.39. The Balaban J connectivity index is 1.64. The van der Waals surface area contributed by atoms with Gasteiger partial charge in [0.1, 0.15) is 24.4 Å². The summed E-state index contributed by atoms with van der Waals surface area (Å²) < 4.78 is 6.42. The fourth-order valence-corrected chi connectivity index (χ4v) is 2.89. The van der Waals surface area contributed by atoms with Crippen LogP contribution in [0.15, 0.2) is 21.9 Å². The Kier molecular flexibility index (Phi) is 4.70. The molecule has 2 aliphatic heterocycles. The Morgan fingerprint density at radius 3 is 2.72 bits per heavy atom. The van der Waals surface area contributed by atoms with Gasteiger partial charge < -0.3 is 25.6 Å². The summed E-state index contributed by atoms with van der Waals surface area (Å²) in [6.07, 6.45) is -3.12. The predicted molar refractivity (Wildman–Crippen MR) is 81.4 cm³/mol. The Morgan fingerprint density at radius 1 is 1.32 bits per heavy atom. The Morgan fingerprint density at radius 2 is 2.08 bits per heavy atom. The highest BCUT2D eigenvalue weighted by Gasteiger charge is 2.44. The first kappa shape index (κ1) is 17.3. The van der Waals surface area contributed by atoms with Crippen LogP contribution in [0.5, 0.6) is 0 Å². The van der Waals surface area contributed by atoms with E-state index < -0.39 is 47.7 Å². The van der Waals surface area contributed by atoms with Crippen molar-refractivity contribution in [1.29, 1.82) is 0 Å². The molecule has 3 rings (SSSR count). The summed E-state index contributed by atoms with van der Waals surface area (Å²) in [6.45, 7) is -0.113. The van der Waals surface area contributed by atoms with Gasteiger partial charge in [0, 0.05) is 25.2 Å². The quantitative estimate of drug-likeness (QED) is 0.375. The molecule has 0 aromatic carbocycles. The molecule has 1 aromatic heterocycles. The lowest BCUT2D eigenvalue weighted by atomic mass is 10.1. The van der Waals surface area contributed by atoms with E-state index in [0.29, 0.717) is 6.42 Å². The second-order valence-electron chi connectivity index (χ2n) is 5.97. The van der Waals surface area contributed by atoms with Crippen LogP contribution in [-0.4, -0.2) is 62.5 Å². The van der Waals surface area contributed by atoms with Crippen LogP contribution in [0.25, 0.3) is 0 Å². The number of ether oxygens (including phenoxy) is 1. The number of amides is 2. The van der Waals surface area contributed by atoms with Gasteiger partial charge in [0.05, 0.1) is 0 Å². The summed E-state index contributed by atoms with van der Waals surface area (Å²) in [5, 5.41) is 25.2. The maximum Gasteiger partial charge on any atom is 0.330 e. The van der Waals surface area contributed by atoms with Crippen molar-refractivity contribution in [2.24, 2.45) is 0 Å². The maximum atomic E-state index is 12.0. The molecule has 0 bridgehead atoms. The molecule has 0 spiro atoms. The first-order valence-corrected chi connectivity index (χ1v) is 7.77. The molecule has 1 aromatic rings. The molecular formula is C14H18N4O7. The minimum Gasteiger partial charge on any atom is -0.387 e. The van der Waals surface area contributed by atoms with E-state index in [4.69, 9.17) is 4.74 Å². The number of rotatable bonds is 4. The van der Waals surface area contributed by atoms with Crippen LogP contribution < -0.4 is 21.9 Å². The molecule has 25 heavy (non-hydrogen) atoms. The molecule has 5 atom stereocenters. The van der Waals surface area contributed by atoms with Crippen molar-refractivity contribution in [3.63, 3.8) is 0 Å². The number of aromatic amines is 1. The van der Waals surface area contributed by atoms with Crippen LogP contribution in [0.3, 0.4) is 0 Å². The van der Waals surface area contributed by atoms with Gasteiger partial charge in [0.2, 0.25) is 11.8 Å². The zero-order valence-electron chi connectivity index (χ0n) is 13.0. The highest BCUT2D eigenvalue weighted by molar-refractivity contribution is 5.90. The average Bonchev–Trinajstić information content (AvgIpc) is 3.11. The summed E-state index contributed by atoms with van der Waals surface area (Å²) in [7, 11) is 0. The lowest BCUT2D eigenvalue weighted by Crippen LogP contribution is -2.46. The molecule has 2 saturated heterocycles. The lowest BCUT2D eigenvalue weighted by Gasteiger charge is -2.17. The Hall–Kier alpha value is -2.50. The third-order valence-corrected chi connectivity index (χ3v) is 4.25. The number of carbonyl (C=O) groups is 2. The monoisotopic (exact) mass is 354 g/mol. The number of aliphatic hydroxyl groups excluding tert-OH is 2. The van der Waals surface area contributed by atoms with Crippen molar-refractivity contribution in [1.82, 2.24) is 20.2 Å². The molecule has 0 aliphatic carbocycles. The molecule has 2 fully saturated rings. The van der Waals surface area contributed by atoms with Gasteiger partial charge in [0.25, 0.3) is 5.56 Å². The molecule has 5 N–H and O–H groups in total. The minimum absolute atomic E-state index is 0.113. The highest BCUT2D eigenvalue weighted by atomic mass is 16.6. The van der Waals surface area contributed by atoms with E-state index >= 15 is 0 Å². The molecule has 11 heteroatoms. The van der Waals surface area contributed by atoms with Crippen molar-refractivity contribution >= 4 is 11.8 Å². The van der Waals surface area contributed by atoms with Gasteiger partial charge in [-0.3, -0.25) is 23.9 Å². The van der Waals surface area contributed by atoms with Crippen LogP contribution in [0.1, 0.15) is 19.1 Å². The molecular weight excluding hydrogens is 336 g/mol. The number of nitrogens with zero attached hydrogens (tertiary/aromatic N) is 1. The average molecular weight is 354 g/mol.